The summed E-state index contributed by atoms with van der Waals surface area (Å²) in [5.41, 5.74) is 0.747. The summed E-state index contributed by atoms with van der Waals surface area (Å²) in [7, 11) is 0. The fraction of sp³-hybridized carbons (Fsp3) is 0.385. The number of hydrogen-bond acceptors (Lipinski definition) is 3. The zero-order valence-electron chi connectivity index (χ0n) is 10.6. The number of rotatable bonds is 7. The number of carbonyl (C=O) groups excluding carboxylic acids is 1. The Morgan fingerprint density at radius 3 is 2.79 bits per heavy atom. The van der Waals surface area contributed by atoms with Gasteiger partial charge in [0.15, 0.2) is 0 Å². The second-order valence-electron chi connectivity index (χ2n) is 3.93. The number of carbonyl (C=O) groups is 2. The van der Waals surface area contributed by atoms with Gasteiger partial charge in [0.25, 0.3) is 0 Å². The lowest BCUT2D eigenvalue weighted by molar-refractivity contribution is -0.142. The second-order valence-corrected chi connectivity index (χ2v) is 4.37. The van der Waals surface area contributed by atoms with Crippen molar-refractivity contribution in [3.63, 3.8) is 0 Å². The van der Waals surface area contributed by atoms with Crippen molar-refractivity contribution < 1.29 is 19.4 Å². The highest BCUT2D eigenvalue weighted by Gasteiger charge is 2.20. The van der Waals surface area contributed by atoms with Gasteiger partial charge in [0.05, 0.1) is 0 Å². The maximum atomic E-state index is 11.4. The van der Waals surface area contributed by atoms with Gasteiger partial charge < -0.3 is 15.2 Å². The van der Waals surface area contributed by atoms with Gasteiger partial charge in [-0.3, -0.25) is 4.79 Å². The Bertz CT molecular complexity index is 450. The van der Waals surface area contributed by atoms with E-state index in [0.717, 1.165) is 5.56 Å². The summed E-state index contributed by atoms with van der Waals surface area (Å²) in [5, 5.41) is 12.0. The minimum Gasteiger partial charge on any atom is -0.480 e. The number of carboxylic acid groups (broad SMARTS) is 1. The first-order valence-corrected chi connectivity index (χ1v) is 6.25. The smallest absolute Gasteiger partial charge is 0.326 e. The zero-order valence-corrected chi connectivity index (χ0v) is 11.3. The number of ether oxygens (including phenoxy) is 1. The monoisotopic (exact) mass is 285 g/mol. The molecule has 5 nitrogen and oxygen atoms in total. The number of carboxylic acids is 1. The van der Waals surface area contributed by atoms with Crippen LogP contribution < -0.4 is 5.32 Å². The first kappa shape index (κ1) is 15.5. The first-order chi connectivity index (χ1) is 9.02. The van der Waals surface area contributed by atoms with Gasteiger partial charge in [-0.2, -0.15) is 0 Å². The maximum Gasteiger partial charge on any atom is 0.326 e. The summed E-state index contributed by atoms with van der Waals surface area (Å²) < 4.78 is 4.92. The molecule has 1 atom stereocenters. The maximum absolute atomic E-state index is 11.4. The van der Waals surface area contributed by atoms with Crippen molar-refractivity contribution in [2.45, 2.75) is 19.4 Å². The summed E-state index contributed by atoms with van der Waals surface area (Å²) in [4.78, 5) is 22.6. The number of aliphatic carboxylic acids is 1. The molecule has 0 unspecified atom stereocenters. The van der Waals surface area contributed by atoms with E-state index in [1.807, 2.05) is 0 Å². The van der Waals surface area contributed by atoms with Gasteiger partial charge in [-0.15, -0.1) is 0 Å². The van der Waals surface area contributed by atoms with Crippen molar-refractivity contribution in [2.24, 2.45) is 0 Å². The molecule has 2 N–H and O–H groups in total. The Labute approximate surface area is 116 Å². The quantitative estimate of drug-likeness (QED) is 0.796. The van der Waals surface area contributed by atoms with Gasteiger partial charge in [0, 0.05) is 18.1 Å². The third kappa shape index (κ3) is 5.72. The lowest BCUT2D eigenvalue weighted by Crippen LogP contribution is -2.43. The van der Waals surface area contributed by atoms with Crippen LogP contribution in [-0.2, 0) is 20.7 Å². The van der Waals surface area contributed by atoms with Crippen molar-refractivity contribution in [3.05, 3.63) is 34.9 Å². The second kappa shape index (κ2) is 7.76. The van der Waals surface area contributed by atoms with E-state index in [9.17, 15) is 9.59 Å². The number of hydrogen-bond donors (Lipinski definition) is 2. The molecule has 0 aliphatic heterocycles. The van der Waals surface area contributed by atoms with Gasteiger partial charge >= 0.3 is 5.97 Å². The molecule has 1 rings (SSSR count). The number of benzene rings is 1. The van der Waals surface area contributed by atoms with E-state index in [1.54, 1.807) is 31.2 Å². The van der Waals surface area contributed by atoms with E-state index in [2.05, 4.69) is 5.32 Å². The van der Waals surface area contributed by atoms with E-state index in [-0.39, 0.29) is 13.0 Å². The van der Waals surface area contributed by atoms with Crippen molar-refractivity contribution in [1.29, 1.82) is 0 Å². The van der Waals surface area contributed by atoms with Crippen LogP contribution in [0.2, 0.25) is 5.02 Å². The number of nitrogens with one attached hydrogen (secondary N) is 1. The van der Waals surface area contributed by atoms with Crippen LogP contribution in [0, 0.1) is 0 Å². The minimum absolute atomic E-state index is 0.143. The van der Waals surface area contributed by atoms with Crippen LogP contribution in [-0.4, -0.2) is 36.2 Å². The van der Waals surface area contributed by atoms with Crippen LogP contribution in [0.4, 0.5) is 0 Å². The summed E-state index contributed by atoms with van der Waals surface area (Å²) in [6, 6.07) is 5.88. The van der Waals surface area contributed by atoms with Gasteiger partial charge in [0.1, 0.15) is 12.6 Å². The average Bonchev–Trinajstić information content (AvgIpc) is 2.35. The van der Waals surface area contributed by atoms with Gasteiger partial charge in [-0.25, -0.2) is 4.79 Å². The molecule has 1 aromatic rings. The van der Waals surface area contributed by atoms with Gasteiger partial charge in [-0.05, 0) is 24.6 Å². The standard InChI is InChI=1S/C13H16ClNO4/c1-2-19-8-12(16)15-11(13(17)18)7-9-4-3-5-10(14)6-9/h3-6,11H,2,7-8H2,1H3,(H,15,16)(H,17,18)/t11-/m1/s1. The Kier molecular flexibility index (Phi) is 6.32. The van der Waals surface area contributed by atoms with E-state index >= 15 is 0 Å². The normalized spacial score (nSPS) is 11.9. The third-order valence-corrected chi connectivity index (χ3v) is 2.63. The van der Waals surface area contributed by atoms with E-state index in [4.69, 9.17) is 21.4 Å². The highest BCUT2D eigenvalue weighted by molar-refractivity contribution is 6.30. The molecule has 0 saturated heterocycles. The van der Waals surface area contributed by atoms with Crippen LogP contribution in [0.15, 0.2) is 24.3 Å². The van der Waals surface area contributed by atoms with Gasteiger partial charge in [-0.1, -0.05) is 23.7 Å². The zero-order chi connectivity index (χ0) is 14.3. The molecule has 0 saturated carbocycles. The molecule has 0 fully saturated rings. The molecule has 0 bridgehead atoms. The topological polar surface area (TPSA) is 75.6 Å². The lowest BCUT2D eigenvalue weighted by Gasteiger charge is -2.14. The van der Waals surface area contributed by atoms with Crippen molar-refractivity contribution in [1.82, 2.24) is 5.32 Å². The molecule has 0 aliphatic rings. The van der Waals surface area contributed by atoms with Crippen molar-refractivity contribution >= 4 is 23.5 Å². The predicted octanol–water partition coefficient (Wildman–Crippen LogP) is 1.49. The predicted molar refractivity (Wildman–Crippen MR) is 71.2 cm³/mol. The summed E-state index contributed by atoms with van der Waals surface area (Å²) in [6.45, 7) is 2.02. The minimum atomic E-state index is -1.09. The van der Waals surface area contributed by atoms with Crippen LogP contribution in [0.25, 0.3) is 0 Å². The average molecular weight is 286 g/mol. The molecule has 0 radical (unpaired) electrons. The molecule has 0 spiro atoms. The molecule has 104 valence electrons. The fourth-order valence-electron chi connectivity index (χ4n) is 1.53. The van der Waals surface area contributed by atoms with E-state index in [1.165, 1.54) is 0 Å². The van der Waals surface area contributed by atoms with Crippen LogP contribution >= 0.6 is 11.6 Å². The largest absolute Gasteiger partial charge is 0.480 e. The SMILES string of the molecule is CCOCC(=O)N[C@H](Cc1cccc(Cl)c1)C(=O)O. The molecule has 19 heavy (non-hydrogen) atoms. The van der Waals surface area contributed by atoms with Crippen LogP contribution in [0.5, 0.6) is 0 Å². The van der Waals surface area contributed by atoms with E-state index in [0.29, 0.717) is 11.6 Å². The Morgan fingerprint density at radius 2 is 2.21 bits per heavy atom. The fourth-order valence-corrected chi connectivity index (χ4v) is 1.74. The third-order valence-electron chi connectivity index (χ3n) is 2.40. The molecule has 0 heterocycles. The molecule has 6 heteroatoms. The molecule has 1 amide bonds. The van der Waals surface area contributed by atoms with Crippen molar-refractivity contribution in [3.8, 4) is 0 Å². The molecular formula is C13H16ClNO4. The van der Waals surface area contributed by atoms with Crippen LogP contribution in [0.1, 0.15) is 12.5 Å². The highest BCUT2D eigenvalue weighted by atomic mass is 35.5. The number of amides is 1. The van der Waals surface area contributed by atoms with Crippen molar-refractivity contribution in [2.75, 3.05) is 13.2 Å². The highest BCUT2D eigenvalue weighted by Crippen LogP contribution is 2.12. The molecule has 1 aromatic carbocycles. The lowest BCUT2D eigenvalue weighted by atomic mass is 10.1. The first-order valence-electron chi connectivity index (χ1n) is 5.87. The molecule has 0 aromatic heterocycles. The van der Waals surface area contributed by atoms with Gasteiger partial charge in [0.2, 0.25) is 5.91 Å². The summed E-state index contributed by atoms with van der Waals surface area (Å²) in [5.74, 6) is -1.54. The summed E-state index contributed by atoms with van der Waals surface area (Å²) >= 11 is 5.83. The summed E-state index contributed by atoms with van der Waals surface area (Å²) in [6.07, 6.45) is 0.174. The van der Waals surface area contributed by atoms with Crippen LogP contribution in [0.3, 0.4) is 0 Å². The van der Waals surface area contributed by atoms with E-state index < -0.39 is 17.9 Å². The number of halogens is 1. The molecule has 0 aliphatic carbocycles. The Balaban J connectivity index is 2.63. The molecular weight excluding hydrogens is 270 g/mol. The Morgan fingerprint density at radius 1 is 1.47 bits per heavy atom. The Hall–Kier alpha value is -1.59.